The molecule has 4 rings (SSSR count). The summed E-state index contributed by atoms with van der Waals surface area (Å²) in [6.07, 6.45) is -0.0471. The maximum atomic E-state index is 13.1. The number of methoxy groups -OCH3 is 1. The number of amides is 1. The van der Waals surface area contributed by atoms with Crippen LogP contribution >= 0.6 is 0 Å². The number of aryl methyl sites for hydroxylation is 1. The second kappa shape index (κ2) is 6.46. The molecule has 0 aliphatic carbocycles. The van der Waals surface area contributed by atoms with Crippen molar-refractivity contribution in [2.24, 2.45) is 0 Å². The summed E-state index contributed by atoms with van der Waals surface area (Å²) in [6, 6.07) is 12.7. The van der Waals surface area contributed by atoms with E-state index in [1.165, 1.54) is 0 Å². The average Bonchev–Trinajstić information content (AvgIpc) is 3.22. The molecule has 1 aliphatic rings. The molecule has 1 aliphatic heterocycles. The summed E-state index contributed by atoms with van der Waals surface area (Å²) in [5.74, 6) is 1.16. The Labute approximate surface area is 151 Å². The van der Waals surface area contributed by atoms with Gasteiger partial charge in [0, 0.05) is 19.0 Å². The van der Waals surface area contributed by atoms with Gasteiger partial charge in [-0.25, -0.2) is 4.98 Å². The molecule has 1 aromatic heterocycles. The van der Waals surface area contributed by atoms with E-state index in [0.717, 1.165) is 16.8 Å². The Morgan fingerprint density at radius 2 is 2.15 bits per heavy atom. The summed E-state index contributed by atoms with van der Waals surface area (Å²) in [4.78, 5) is 19.1. The van der Waals surface area contributed by atoms with Crippen molar-refractivity contribution >= 4 is 17.0 Å². The Kier molecular flexibility index (Phi) is 4.12. The minimum absolute atomic E-state index is 0.134. The van der Waals surface area contributed by atoms with Crippen LogP contribution in [0.1, 0.15) is 34.3 Å². The number of aliphatic hydroxyl groups excluding tert-OH is 1. The fourth-order valence-corrected chi connectivity index (χ4v) is 3.54. The number of nitrogens with zero attached hydrogens (tertiary/aromatic N) is 2. The fraction of sp³-hybridized carbons (Fsp3) is 0.300. The minimum Gasteiger partial charge on any atom is -0.497 e. The SMILES string of the molecule is COc1cccc(C2CC(O)CN2C(=O)c2ccc3nc(C)oc3c2)c1. The van der Waals surface area contributed by atoms with Gasteiger partial charge < -0.3 is 19.2 Å². The van der Waals surface area contributed by atoms with E-state index in [1.807, 2.05) is 24.3 Å². The van der Waals surface area contributed by atoms with Gasteiger partial charge in [0.15, 0.2) is 11.5 Å². The van der Waals surface area contributed by atoms with Crippen molar-refractivity contribution in [1.29, 1.82) is 0 Å². The van der Waals surface area contributed by atoms with Crippen LogP contribution in [0.5, 0.6) is 5.75 Å². The van der Waals surface area contributed by atoms with Crippen LogP contribution in [-0.2, 0) is 0 Å². The molecule has 0 saturated carbocycles. The molecule has 1 fully saturated rings. The lowest BCUT2D eigenvalue weighted by Gasteiger charge is -2.25. The van der Waals surface area contributed by atoms with Crippen LogP contribution in [0.3, 0.4) is 0 Å². The van der Waals surface area contributed by atoms with Crippen molar-refractivity contribution in [2.45, 2.75) is 25.5 Å². The van der Waals surface area contributed by atoms with Crippen LogP contribution in [0.2, 0.25) is 0 Å². The lowest BCUT2D eigenvalue weighted by molar-refractivity contribution is 0.0715. The number of oxazole rings is 1. The number of ether oxygens (including phenoxy) is 1. The van der Waals surface area contributed by atoms with Gasteiger partial charge in [-0.15, -0.1) is 0 Å². The molecule has 6 nitrogen and oxygen atoms in total. The fourth-order valence-electron chi connectivity index (χ4n) is 3.54. The minimum atomic E-state index is -0.550. The number of hydrogen-bond acceptors (Lipinski definition) is 5. The van der Waals surface area contributed by atoms with E-state index < -0.39 is 6.10 Å². The second-order valence-electron chi connectivity index (χ2n) is 6.55. The van der Waals surface area contributed by atoms with Crippen LogP contribution in [0.25, 0.3) is 11.1 Å². The highest BCUT2D eigenvalue weighted by Crippen LogP contribution is 2.35. The van der Waals surface area contributed by atoms with Gasteiger partial charge in [-0.2, -0.15) is 0 Å². The maximum absolute atomic E-state index is 13.1. The first kappa shape index (κ1) is 16.6. The van der Waals surface area contributed by atoms with Gasteiger partial charge in [-0.05, 0) is 42.3 Å². The molecule has 2 heterocycles. The highest BCUT2D eigenvalue weighted by atomic mass is 16.5. The Morgan fingerprint density at radius 1 is 1.31 bits per heavy atom. The summed E-state index contributed by atoms with van der Waals surface area (Å²) in [5.41, 5.74) is 2.79. The van der Waals surface area contributed by atoms with Gasteiger partial charge in [0.1, 0.15) is 11.3 Å². The van der Waals surface area contributed by atoms with E-state index in [0.29, 0.717) is 30.0 Å². The van der Waals surface area contributed by atoms with Crippen molar-refractivity contribution in [3.8, 4) is 5.75 Å². The van der Waals surface area contributed by atoms with Crippen molar-refractivity contribution < 1.29 is 19.1 Å². The zero-order valence-corrected chi connectivity index (χ0v) is 14.7. The Balaban J connectivity index is 1.67. The number of rotatable bonds is 3. The van der Waals surface area contributed by atoms with Gasteiger partial charge in [-0.3, -0.25) is 4.79 Å². The normalized spacial score (nSPS) is 19.9. The van der Waals surface area contributed by atoms with E-state index in [2.05, 4.69) is 4.98 Å². The summed E-state index contributed by atoms with van der Waals surface area (Å²) in [5, 5.41) is 10.2. The molecule has 0 bridgehead atoms. The van der Waals surface area contributed by atoms with E-state index in [9.17, 15) is 9.90 Å². The standard InChI is InChI=1S/C20H20N2O4/c1-12-21-17-7-6-14(9-19(17)26-12)20(24)22-11-15(23)10-18(22)13-4-3-5-16(8-13)25-2/h3-9,15,18,23H,10-11H2,1-2H3. The van der Waals surface area contributed by atoms with Crippen LogP contribution in [-0.4, -0.2) is 40.7 Å². The van der Waals surface area contributed by atoms with Gasteiger partial charge in [-0.1, -0.05) is 12.1 Å². The molecule has 134 valence electrons. The molecule has 0 spiro atoms. The number of benzene rings is 2. The molecule has 1 saturated heterocycles. The molecular formula is C20H20N2O4. The summed E-state index contributed by atoms with van der Waals surface area (Å²) in [7, 11) is 1.61. The molecule has 2 unspecified atom stereocenters. The number of aromatic nitrogens is 1. The molecule has 3 aromatic rings. The number of aliphatic hydroxyl groups is 1. The largest absolute Gasteiger partial charge is 0.497 e. The van der Waals surface area contributed by atoms with Crippen molar-refractivity contribution in [2.75, 3.05) is 13.7 Å². The Bertz CT molecular complexity index is 965. The van der Waals surface area contributed by atoms with E-state index in [-0.39, 0.29) is 11.9 Å². The zero-order chi connectivity index (χ0) is 18.3. The maximum Gasteiger partial charge on any atom is 0.254 e. The second-order valence-corrected chi connectivity index (χ2v) is 6.55. The first-order valence-electron chi connectivity index (χ1n) is 8.55. The Hall–Kier alpha value is -2.86. The summed E-state index contributed by atoms with van der Waals surface area (Å²) >= 11 is 0. The third kappa shape index (κ3) is 2.93. The number of β-amino-alcohol motifs (C(OH)–C–C–N with tert-alkyl or cyclic N) is 1. The van der Waals surface area contributed by atoms with Gasteiger partial charge in [0.2, 0.25) is 0 Å². The summed E-state index contributed by atoms with van der Waals surface area (Å²) < 4.78 is 10.8. The van der Waals surface area contributed by atoms with E-state index >= 15 is 0 Å². The number of carbonyl (C=O) groups is 1. The highest BCUT2D eigenvalue weighted by Gasteiger charge is 2.36. The van der Waals surface area contributed by atoms with E-state index in [1.54, 1.807) is 37.1 Å². The van der Waals surface area contributed by atoms with E-state index in [4.69, 9.17) is 9.15 Å². The smallest absolute Gasteiger partial charge is 0.254 e. The molecule has 2 atom stereocenters. The first-order valence-corrected chi connectivity index (χ1v) is 8.55. The topological polar surface area (TPSA) is 75.8 Å². The average molecular weight is 352 g/mol. The number of carbonyl (C=O) groups excluding carboxylic acids is 1. The van der Waals surface area contributed by atoms with Crippen LogP contribution < -0.4 is 4.74 Å². The van der Waals surface area contributed by atoms with Crippen molar-refractivity contribution in [1.82, 2.24) is 9.88 Å². The predicted octanol–water partition coefficient (Wildman–Crippen LogP) is 3.09. The third-order valence-electron chi connectivity index (χ3n) is 4.76. The van der Waals surface area contributed by atoms with Crippen molar-refractivity contribution in [3.63, 3.8) is 0 Å². The summed E-state index contributed by atoms with van der Waals surface area (Å²) in [6.45, 7) is 2.07. The zero-order valence-electron chi connectivity index (χ0n) is 14.7. The molecule has 1 amide bonds. The molecule has 0 radical (unpaired) electrons. The van der Waals surface area contributed by atoms with Crippen LogP contribution in [0, 0.1) is 6.92 Å². The van der Waals surface area contributed by atoms with Crippen LogP contribution in [0.15, 0.2) is 46.9 Å². The number of fused-ring (bicyclic) bond motifs is 1. The lowest BCUT2D eigenvalue weighted by Crippen LogP contribution is -2.31. The van der Waals surface area contributed by atoms with Gasteiger partial charge >= 0.3 is 0 Å². The molecule has 6 heteroatoms. The molecular weight excluding hydrogens is 332 g/mol. The number of likely N-dealkylation sites (tertiary alicyclic amines) is 1. The quantitative estimate of drug-likeness (QED) is 0.784. The monoisotopic (exact) mass is 352 g/mol. The Morgan fingerprint density at radius 3 is 2.96 bits per heavy atom. The third-order valence-corrected chi connectivity index (χ3v) is 4.76. The molecule has 2 aromatic carbocycles. The molecule has 26 heavy (non-hydrogen) atoms. The first-order chi connectivity index (χ1) is 12.5. The predicted molar refractivity (Wildman–Crippen MR) is 96.1 cm³/mol. The lowest BCUT2D eigenvalue weighted by atomic mass is 10.0. The molecule has 1 N–H and O–H groups in total. The van der Waals surface area contributed by atoms with Crippen molar-refractivity contribution in [3.05, 3.63) is 59.5 Å². The van der Waals surface area contributed by atoms with Gasteiger partial charge in [0.25, 0.3) is 5.91 Å². The number of hydrogen-bond donors (Lipinski definition) is 1. The highest BCUT2D eigenvalue weighted by molar-refractivity contribution is 5.97. The van der Waals surface area contributed by atoms with Gasteiger partial charge in [0.05, 0.1) is 19.3 Å². The van der Waals surface area contributed by atoms with Crippen LogP contribution in [0.4, 0.5) is 0 Å².